The Balaban J connectivity index is 1.71. The third-order valence-corrected chi connectivity index (χ3v) is 5.35. The first kappa shape index (κ1) is 15.0. The molecule has 0 unspecified atom stereocenters. The van der Waals surface area contributed by atoms with Crippen LogP contribution in [0.25, 0.3) is 20.7 Å². The Kier molecular flexibility index (Phi) is 4.06. The Morgan fingerprint density at radius 1 is 1.08 bits per heavy atom. The van der Waals surface area contributed by atoms with Crippen molar-refractivity contribution in [1.82, 2.24) is 9.97 Å². The number of rotatable bonds is 4. The average molecular weight is 350 g/mol. The summed E-state index contributed by atoms with van der Waals surface area (Å²) in [7, 11) is 0. The van der Waals surface area contributed by atoms with Gasteiger partial charge in [0.15, 0.2) is 5.82 Å². The second kappa shape index (κ2) is 6.51. The lowest BCUT2D eigenvalue weighted by Crippen LogP contribution is -1.97. The molecule has 0 amide bonds. The fourth-order valence-electron chi connectivity index (χ4n) is 2.38. The van der Waals surface area contributed by atoms with Gasteiger partial charge in [0.25, 0.3) is 0 Å². The summed E-state index contributed by atoms with van der Waals surface area (Å²) in [5.41, 5.74) is 4.25. The minimum absolute atomic E-state index is 0.734. The lowest BCUT2D eigenvalue weighted by atomic mass is 10.2. The van der Waals surface area contributed by atoms with Crippen LogP contribution in [0.3, 0.4) is 0 Å². The molecule has 24 heavy (non-hydrogen) atoms. The quantitative estimate of drug-likeness (QED) is 0.408. The summed E-state index contributed by atoms with van der Waals surface area (Å²) in [6.07, 6.45) is 1.80. The molecular weight excluding hydrogens is 336 g/mol. The first-order chi connectivity index (χ1) is 11.8. The molecule has 4 aromatic rings. The number of nitrogens with one attached hydrogen (secondary N) is 1. The van der Waals surface area contributed by atoms with E-state index in [2.05, 4.69) is 38.7 Å². The van der Waals surface area contributed by atoms with Crippen LogP contribution in [-0.2, 0) is 0 Å². The Morgan fingerprint density at radius 2 is 1.96 bits per heavy atom. The first-order valence-corrected chi connectivity index (χ1v) is 9.15. The van der Waals surface area contributed by atoms with Crippen LogP contribution in [0.1, 0.15) is 10.7 Å². The smallest absolute Gasteiger partial charge is 0.158 e. The largest absolute Gasteiger partial charge is 0.261 e. The molecule has 118 valence electrons. The van der Waals surface area contributed by atoms with Crippen molar-refractivity contribution in [2.24, 2.45) is 5.10 Å². The van der Waals surface area contributed by atoms with Gasteiger partial charge in [0, 0.05) is 9.75 Å². The van der Waals surface area contributed by atoms with Crippen LogP contribution in [-0.4, -0.2) is 16.2 Å². The van der Waals surface area contributed by atoms with Gasteiger partial charge < -0.3 is 0 Å². The van der Waals surface area contributed by atoms with Crippen molar-refractivity contribution in [3.05, 3.63) is 64.6 Å². The highest BCUT2D eigenvalue weighted by Crippen LogP contribution is 2.35. The number of aryl methyl sites for hydroxylation is 1. The van der Waals surface area contributed by atoms with Gasteiger partial charge in [-0.3, -0.25) is 5.43 Å². The van der Waals surface area contributed by atoms with Gasteiger partial charge in [0.1, 0.15) is 10.7 Å². The lowest BCUT2D eigenvalue weighted by Gasteiger charge is -2.01. The summed E-state index contributed by atoms with van der Waals surface area (Å²) in [6, 6.07) is 16.5. The Hall–Kier alpha value is -2.57. The van der Waals surface area contributed by atoms with Gasteiger partial charge >= 0.3 is 0 Å². The third-order valence-electron chi connectivity index (χ3n) is 3.47. The molecule has 0 saturated carbocycles. The van der Waals surface area contributed by atoms with Gasteiger partial charge in [0.05, 0.1) is 11.6 Å². The van der Waals surface area contributed by atoms with Gasteiger partial charge in [-0.25, -0.2) is 9.97 Å². The molecular formula is C18H14N4S2. The van der Waals surface area contributed by atoms with E-state index in [1.807, 2.05) is 42.6 Å². The number of hydrazone groups is 1. The molecule has 0 bridgehead atoms. The van der Waals surface area contributed by atoms with E-state index in [0.717, 1.165) is 26.7 Å². The van der Waals surface area contributed by atoms with Crippen molar-refractivity contribution in [3.63, 3.8) is 0 Å². The van der Waals surface area contributed by atoms with Crippen LogP contribution in [0.4, 0.5) is 5.82 Å². The van der Waals surface area contributed by atoms with Crippen LogP contribution in [0.5, 0.6) is 0 Å². The zero-order chi connectivity index (χ0) is 16.4. The van der Waals surface area contributed by atoms with Crippen molar-refractivity contribution < 1.29 is 0 Å². The predicted octanol–water partition coefficient (Wildman–Crippen LogP) is 5.17. The minimum atomic E-state index is 0.734. The minimum Gasteiger partial charge on any atom is -0.261 e. The summed E-state index contributed by atoms with van der Waals surface area (Å²) < 4.78 is 0. The number of anilines is 1. The monoisotopic (exact) mass is 350 g/mol. The van der Waals surface area contributed by atoms with Crippen LogP contribution >= 0.6 is 22.7 Å². The number of hydrogen-bond acceptors (Lipinski definition) is 6. The summed E-state index contributed by atoms with van der Waals surface area (Å²) in [5.74, 6) is 1.47. The molecule has 0 aliphatic heterocycles. The second-order valence-electron chi connectivity index (χ2n) is 5.20. The van der Waals surface area contributed by atoms with Gasteiger partial charge in [-0.05, 0) is 30.0 Å². The molecule has 6 heteroatoms. The molecule has 1 N–H and O–H groups in total. The maximum absolute atomic E-state index is 4.56. The first-order valence-electron chi connectivity index (χ1n) is 7.46. The topological polar surface area (TPSA) is 50.2 Å². The SMILES string of the molecule is Cc1nc(N/N=C\c2cccs2)c2cc(-c3ccccc3)sc2n1. The second-order valence-corrected chi connectivity index (χ2v) is 7.21. The summed E-state index contributed by atoms with van der Waals surface area (Å²) in [6.45, 7) is 1.90. The highest BCUT2D eigenvalue weighted by molar-refractivity contribution is 7.21. The van der Waals surface area contributed by atoms with E-state index in [1.165, 1.54) is 10.4 Å². The normalized spacial score (nSPS) is 11.4. The molecule has 0 aliphatic rings. The fraction of sp³-hybridized carbons (Fsp3) is 0.0556. The molecule has 4 rings (SSSR count). The number of thiophene rings is 2. The fourth-order valence-corrected chi connectivity index (χ4v) is 4.05. The van der Waals surface area contributed by atoms with Crippen molar-refractivity contribution >= 4 is 44.9 Å². The Bertz CT molecular complexity index is 989. The van der Waals surface area contributed by atoms with E-state index in [4.69, 9.17) is 0 Å². The maximum atomic E-state index is 4.56. The van der Waals surface area contributed by atoms with Gasteiger partial charge in [-0.15, -0.1) is 22.7 Å². The molecule has 4 nitrogen and oxygen atoms in total. The lowest BCUT2D eigenvalue weighted by molar-refractivity contribution is 1.09. The highest BCUT2D eigenvalue weighted by atomic mass is 32.1. The van der Waals surface area contributed by atoms with Crippen LogP contribution in [0, 0.1) is 6.92 Å². The van der Waals surface area contributed by atoms with Crippen molar-refractivity contribution in [2.45, 2.75) is 6.92 Å². The van der Waals surface area contributed by atoms with E-state index >= 15 is 0 Å². The standard InChI is InChI=1S/C18H14N4S2/c1-12-20-17(22-19-11-14-8-5-9-23-14)15-10-16(24-18(15)21-12)13-6-3-2-4-7-13/h2-11H,1H3,(H,20,21,22)/b19-11-. The molecule has 0 aliphatic carbocycles. The van der Waals surface area contributed by atoms with Crippen LogP contribution < -0.4 is 5.43 Å². The summed E-state index contributed by atoms with van der Waals surface area (Å²) in [5, 5.41) is 7.33. The number of fused-ring (bicyclic) bond motifs is 1. The van der Waals surface area contributed by atoms with E-state index in [0.29, 0.717) is 0 Å². The van der Waals surface area contributed by atoms with Crippen molar-refractivity contribution in [1.29, 1.82) is 0 Å². The molecule has 3 aromatic heterocycles. The third kappa shape index (κ3) is 3.06. The van der Waals surface area contributed by atoms with Crippen molar-refractivity contribution in [2.75, 3.05) is 5.43 Å². The number of aromatic nitrogens is 2. The molecule has 0 radical (unpaired) electrons. The zero-order valence-electron chi connectivity index (χ0n) is 12.9. The molecule has 1 aromatic carbocycles. The van der Waals surface area contributed by atoms with Crippen LogP contribution in [0.2, 0.25) is 0 Å². The number of hydrogen-bond donors (Lipinski definition) is 1. The van der Waals surface area contributed by atoms with E-state index in [1.54, 1.807) is 28.9 Å². The molecule has 0 fully saturated rings. The summed E-state index contributed by atoms with van der Waals surface area (Å²) >= 11 is 3.32. The van der Waals surface area contributed by atoms with Gasteiger partial charge in [0.2, 0.25) is 0 Å². The van der Waals surface area contributed by atoms with E-state index in [9.17, 15) is 0 Å². The van der Waals surface area contributed by atoms with Gasteiger partial charge in [-0.2, -0.15) is 5.10 Å². The summed E-state index contributed by atoms with van der Waals surface area (Å²) in [4.78, 5) is 12.3. The number of nitrogens with zero attached hydrogens (tertiary/aromatic N) is 3. The van der Waals surface area contributed by atoms with Crippen LogP contribution in [0.15, 0.2) is 59.0 Å². The van der Waals surface area contributed by atoms with Crippen molar-refractivity contribution in [3.8, 4) is 10.4 Å². The number of benzene rings is 1. The predicted molar refractivity (Wildman–Crippen MR) is 103 cm³/mol. The van der Waals surface area contributed by atoms with Gasteiger partial charge in [-0.1, -0.05) is 36.4 Å². The van der Waals surface area contributed by atoms with E-state index < -0.39 is 0 Å². The Labute approximate surface area is 147 Å². The zero-order valence-corrected chi connectivity index (χ0v) is 14.6. The van der Waals surface area contributed by atoms with E-state index in [-0.39, 0.29) is 0 Å². The Morgan fingerprint density at radius 3 is 2.75 bits per heavy atom. The maximum Gasteiger partial charge on any atom is 0.158 e. The molecule has 0 saturated heterocycles. The molecule has 3 heterocycles. The molecule has 0 atom stereocenters. The average Bonchev–Trinajstić information content (AvgIpc) is 3.25. The molecule has 0 spiro atoms. The highest BCUT2D eigenvalue weighted by Gasteiger charge is 2.11.